The molecule has 0 atom stereocenters. The summed E-state index contributed by atoms with van der Waals surface area (Å²) in [5.41, 5.74) is 2.61. The molecule has 5 nitrogen and oxygen atoms in total. The zero-order valence-corrected chi connectivity index (χ0v) is 15.7. The van der Waals surface area contributed by atoms with Crippen molar-refractivity contribution in [2.75, 3.05) is 26.1 Å². The van der Waals surface area contributed by atoms with Gasteiger partial charge in [0, 0.05) is 19.8 Å². The fourth-order valence-electron chi connectivity index (χ4n) is 2.36. The van der Waals surface area contributed by atoms with Crippen molar-refractivity contribution in [3.8, 4) is 11.5 Å². The number of allylic oxidation sites excluding steroid dienone is 2. The predicted molar refractivity (Wildman–Crippen MR) is 108 cm³/mol. The van der Waals surface area contributed by atoms with Crippen molar-refractivity contribution < 1.29 is 19.4 Å². The van der Waals surface area contributed by atoms with Crippen LogP contribution in [0.3, 0.4) is 0 Å². The monoisotopic (exact) mass is 365 g/mol. The largest absolute Gasteiger partial charge is 0.504 e. The molecule has 5 heteroatoms. The summed E-state index contributed by atoms with van der Waals surface area (Å²) < 4.78 is 4.96. The van der Waals surface area contributed by atoms with Crippen LogP contribution in [-0.4, -0.2) is 37.9 Å². The quantitative estimate of drug-likeness (QED) is 0.570. The number of rotatable bonds is 8. The molecule has 0 aliphatic rings. The van der Waals surface area contributed by atoms with Crippen LogP contribution < -0.4 is 9.64 Å². The highest BCUT2D eigenvalue weighted by Crippen LogP contribution is 2.26. The van der Waals surface area contributed by atoms with Crippen molar-refractivity contribution in [2.45, 2.75) is 6.42 Å². The second-order valence-electron chi connectivity index (χ2n) is 6.19. The Morgan fingerprint density at radius 2 is 1.52 bits per heavy atom. The summed E-state index contributed by atoms with van der Waals surface area (Å²) >= 11 is 0. The van der Waals surface area contributed by atoms with Gasteiger partial charge in [-0.15, -0.1) is 0 Å². The van der Waals surface area contributed by atoms with Gasteiger partial charge < -0.3 is 14.7 Å². The van der Waals surface area contributed by atoms with E-state index in [1.807, 2.05) is 43.3 Å². The molecule has 2 rings (SSSR count). The van der Waals surface area contributed by atoms with Gasteiger partial charge in [-0.1, -0.05) is 30.4 Å². The number of ketones is 2. The minimum Gasteiger partial charge on any atom is -0.504 e. The second-order valence-corrected chi connectivity index (χ2v) is 6.19. The average molecular weight is 365 g/mol. The lowest BCUT2D eigenvalue weighted by atomic mass is 10.1. The third kappa shape index (κ3) is 6.15. The SMILES string of the molecule is COc1ccc(C=CC(=O)CC(=O)C=Cc2ccc(N(C)C)cc2)cc1O. The lowest BCUT2D eigenvalue weighted by Crippen LogP contribution is -2.07. The van der Waals surface area contributed by atoms with Crippen LogP contribution in [0.5, 0.6) is 11.5 Å². The lowest BCUT2D eigenvalue weighted by Gasteiger charge is -2.11. The van der Waals surface area contributed by atoms with E-state index in [9.17, 15) is 14.7 Å². The molecule has 0 radical (unpaired) electrons. The highest BCUT2D eigenvalue weighted by molar-refractivity contribution is 6.10. The third-order valence-electron chi connectivity index (χ3n) is 3.88. The maximum Gasteiger partial charge on any atom is 0.163 e. The number of ether oxygens (including phenoxy) is 1. The maximum absolute atomic E-state index is 11.9. The molecule has 140 valence electrons. The first kappa shape index (κ1) is 20.0. The van der Waals surface area contributed by atoms with Crippen LogP contribution in [0.25, 0.3) is 12.2 Å². The fraction of sp³-hybridized carbons (Fsp3) is 0.182. The van der Waals surface area contributed by atoms with E-state index in [0.29, 0.717) is 11.3 Å². The van der Waals surface area contributed by atoms with Crippen LogP contribution >= 0.6 is 0 Å². The predicted octanol–water partition coefficient (Wildman–Crippen LogP) is 3.72. The molecule has 0 heterocycles. The summed E-state index contributed by atoms with van der Waals surface area (Å²) in [7, 11) is 5.38. The molecule has 0 aliphatic carbocycles. The fourth-order valence-corrected chi connectivity index (χ4v) is 2.36. The van der Waals surface area contributed by atoms with Gasteiger partial charge in [0.15, 0.2) is 23.1 Å². The van der Waals surface area contributed by atoms with Gasteiger partial charge in [-0.3, -0.25) is 9.59 Å². The van der Waals surface area contributed by atoms with Crippen molar-refractivity contribution in [3.63, 3.8) is 0 Å². The summed E-state index contributed by atoms with van der Waals surface area (Å²) in [4.78, 5) is 25.9. The van der Waals surface area contributed by atoms with Crippen molar-refractivity contribution in [1.29, 1.82) is 0 Å². The number of phenolic OH excluding ortho intramolecular Hbond substituents is 1. The van der Waals surface area contributed by atoms with Gasteiger partial charge in [-0.25, -0.2) is 0 Å². The highest BCUT2D eigenvalue weighted by Gasteiger charge is 2.05. The Bertz CT molecular complexity index is 864. The number of hydrogen-bond acceptors (Lipinski definition) is 5. The summed E-state index contributed by atoms with van der Waals surface area (Å²) in [6.07, 6.45) is 5.79. The second kappa shape index (κ2) is 9.38. The van der Waals surface area contributed by atoms with Gasteiger partial charge in [-0.2, -0.15) is 0 Å². The van der Waals surface area contributed by atoms with Crippen LogP contribution in [0.15, 0.2) is 54.6 Å². The molecular weight excluding hydrogens is 342 g/mol. The van der Waals surface area contributed by atoms with E-state index in [1.165, 1.54) is 25.3 Å². The highest BCUT2D eigenvalue weighted by atomic mass is 16.5. The number of nitrogens with zero attached hydrogens (tertiary/aromatic N) is 1. The first-order valence-electron chi connectivity index (χ1n) is 8.45. The molecule has 1 N–H and O–H groups in total. The Balaban J connectivity index is 1.91. The molecule has 27 heavy (non-hydrogen) atoms. The molecular formula is C22H23NO4. The zero-order chi connectivity index (χ0) is 19.8. The van der Waals surface area contributed by atoms with Gasteiger partial charge in [0.25, 0.3) is 0 Å². The number of carbonyl (C=O) groups excluding carboxylic acids is 2. The van der Waals surface area contributed by atoms with Crippen molar-refractivity contribution in [1.82, 2.24) is 0 Å². The maximum atomic E-state index is 11.9. The molecule has 0 bridgehead atoms. The van der Waals surface area contributed by atoms with Crippen LogP contribution in [0, 0.1) is 0 Å². The Kier molecular flexibility index (Phi) is 6.94. The third-order valence-corrected chi connectivity index (χ3v) is 3.88. The van der Waals surface area contributed by atoms with E-state index in [0.717, 1.165) is 11.3 Å². The molecule has 0 saturated carbocycles. The molecule has 0 saturated heterocycles. The van der Waals surface area contributed by atoms with Gasteiger partial charge in [0.05, 0.1) is 13.5 Å². The molecule has 0 aliphatic heterocycles. The first-order chi connectivity index (χ1) is 12.9. The average Bonchev–Trinajstić information content (AvgIpc) is 2.65. The Morgan fingerprint density at radius 1 is 0.963 bits per heavy atom. The summed E-state index contributed by atoms with van der Waals surface area (Å²) in [6, 6.07) is 12.6. The Morgan fingerprint density at radius 3 is 2.04 bits per heavy atom. The molecule has 0 fully saturated rings. The number of phenols is 1. The summed E-state index contributed by atoms with van der Waals surface area (Å²) in [5.74, 6) is -0.217. The van der Waals surface area contributed by atoms with E-state index < -0.39 is 0 Å². The topological polar surface area (TPSA) is 66.8 Å². The van der Waals surface area contributed by atoms with Crippen LogP contribution in [0.4, 0.5) is 5.69 Å². The van der Waals surface area contributed by atoms with Crippen molar-refractivity contribution in [2.24, 2.45) is 0 Å². The zero-order valence-electron chi connectivity index (χ0n) is 15.7. The van der Waals surface area contributed by atoms with Gasteiger partial charge in [-0.05, 0) is 47.5 Å². The normalized spacial score (nSPS) is 11.1. The van der Waals surface area contributed by atoms with E-state index in [4.69, 9.17) is 4.74 Å². The number of aromatic hydroxyl groups is 1. The number of anilines is 1. The van der Waals surface area contributed by atoms with Crippen LogP contribution in [0.2, 0.25) is 0 Å². The summed E-state index contributed by atoms with van der Waals surface area (Å²) in [5, 5.41) is 9.72. The van der Waals surface area contributed by atoms with Crippen molar-refractivity contribution in [3.05, 3.63) is 65.7 Å². The Labute approximate surface area is 159 Å². The number of benzene rings is 2. The molecule has 2 aromatic rings. The van der Waals surface area contributed by atoms with Gasteiger partial charge in [0.1, 0.15) is 0 Å². The van der Waals surface area contributed by atoms with Crippen LogP contribution in [-0.2, 0) is 9.59 Å². The van der Waals surface area contributed by atoms with Crippen LogP contribution in [0.1, 0.15) is 17.5 Å². The van der Waals surface area contributed by atoms with E-state index in [1.54, 1.807) is 24.3 Å². The lowest BCUT2D eigenvalue weighted by molar-refractivity contribution is -0.121. The first-order valence-corrected chi connectivity index (χ1v) is 8.45. The molecule has 0 amide bonds. The van der Waals surface area contributed by atoms with Gasteiger partial charge in [0.2, 0.25) is 0 Å². The molecule has 0 unspecified atom stereocenters. The van der Waals surface area contributed by atoms with Gasteiger partial charge >= 0.3 is 0 Å². The molecule has 0 spiro atoms. The molecule has 0 aromatic heterocycles. The van der Waals surface area contributed by atoms with Crippen molar-refractivity contribution >= 4 is 29.4 Å². The number of carbonyl (C=O) groups is 2. The molecule has 2 aromatic carbocycles. The van der Waals surface area contributed by atoms with E-state index >= 15 is 0 Å². The minimum atomic E-state index is -0.303. The van der Waals surface area contributed by atoms with E-state index in [2.05, 4.69) is 0 Å². The summed E-state index contributed by atoms with van der Waals surface area (Å²) in [6.45, 7) is 0. The van der Waals surface area contributed by atoms with E-state index in [-0.39, 0.29) is 23.7 Å². The Hall–Kier alpha value is -3.34. The number of hydrogen-bond donors (Lipinski definition) is 1. The minimum absolute atomic E-state index is 0.00797. The standard InChI is InChI=1S/C22H23NO4/c1-23(2)18-9-4-16(5-10-18)6-11-19(24)15-20(25)12-7-17-8-13-22(27-3)21(26)14-17/h4-14,26H,15H2,1-3H3. The smallest absolute Gasteiger partial charge is 0.163 e. The number of methoxy groups -OCH3 is 1.